The van der Waals surface area contributed by atoms with Gasteiger partial charge in [-0.15, -0.1) is 0 Å². The van der Waals surface area contributed by atoms with E-state index in [1.165, 1.54) is 0 Å². The van der Waals surface area contributed by atoms with Gasteiger partial charge in [0, 0.05) is 12.0 Å². The van der Waals surface area contributed by atoms with Gasteiger partial charge >= 0.3 is 5.97 Å². The fourth-order valence-corrected chi connectivity index (χ4v) is 4.60. The molecule has 4 heteroatoms. The van der Waals surface area contributed by atoms with Gasteiger partial charge in [-0.2, -0.15) is 0 Å². The van der Waals surface area contributed by atoms with Crippen LogP contribution in [-0.4, -0.2) is 20.6 Å². The molecule has 0 aromatic carbocycles. The number of hydrogen-bond donors (Lipinski definition) is 0. The molecule has 0 rings (SSSR count). The lowest BCUT2D eigenvalue weighted by Gasteiger charge is -2.32. The third-order valence-corrected chi connectivity index (χ3v) is 8.05. The van der Waals surface area contributed by atoms with Crippen LogP contribution in [0, 0.1) is 0 Å². The molecule has 0 aliphatic carbocycles. The van der Waals surface area contributed by atoms with Gasteiger partial charge in [0.25, 0.3) is 0 Å². The minimum absolute atomic E-state index is 0.348. The van der Waals surface area contributed by atoms with Crippen LogP contribution in [0.5, 0.6) is 0 Å². The molecule has 0 radical (unpaired) electrons. The molecule has 0 aliphatic rings. The zero-order valence-corrected chi connectivity index (χ0v) is 13.5. The van der Waals surface area contributed by atoms with Crippen LogP contribution in [0.2, 0.25) is 18.1 Å². The topological polar surface area (TPSA) is 35.5 Å². The van der Waals surface area contributed by atoms with Crippen molar-refractivity contribution in [2.24, 2.45) is 0 Å². The third-order valence-electron chi connectivity index (χ3n) is 3.43. The first-order valence-corrected chi connectivity index (χ1v) is 9.51. The van der Waals surface area contributed by atoms with Crippen molar-refractivity contribution < 1.29 is 14.0 Å². The molecule has 18 heavy (non-hydrogen) atoms. The Morgan fingerprint density at radius 2 is 1.67 bits per heavy atom. The van der Waals surface area contributed by atoms with E-state index >= 15 is 0 Å². The summed E-state index contributed by atoms with van der Waals surface area (Å²) in [5.41, 5.74) is 0.427. The van der Waals surface area contributed by atoms with Crippen molar-refractivity contribution in [3.05, 3.63) is 12.2 Å². The predicted octanol–water partition coefficient (Wildman–Crippen LogP) is 4.25. The van der Waals surface area contributed by atoms with E-state index in [0.717, 1.165) is 31.0 Å². The average Bonchev–Trinajstić information content (AvgIpc) is 2.36. The number of hydrogen-bond acceptors (Lipinski definition) is 3. The molecular formula is C14H28O3Si. The van der Waals surface area contributed by atoms with Crippen molar-refractivity contribution in [2.75, 3.05) is 0 Å². The number of carbonyl (C=O) groups excluding carboxylic acids is 1. The van der Waals surface area contributed by atoms with Gasteiger partial charge in [0.15, 0.2) is 14.6 Å². The molecule has 0 fully saturated rings. The summed E-state index contributed by atoms with van der Waals surface area (Å²) in [5, 5.41) is 0. The summed E-state index contributed by atoms with van der Waals surface area (Å²) in [5.74, 6) is -0.348. The van der Waals surface area contributed by atoms with E-state index in [2.05, 4.69) is 34.3 Å². The fourth-order valence-electron chi connectivity index (χ4n) is 1.88. The molecule has 106 valence electrons. The lowest BCUT2D eigenvalue weighted by molar-refractivity contribution is -0.161. The zero-order chi connectivity index (χ0) is 14.2. The second-order valence-electron chi connectivity index (χ2n) is 4.77. The molecule has 0 bridgehead atoms. The first kappa shape index (κ1) is 17.4. The highest BCUT2D eigenvalue weighted by Crippen LogP contribution is 2.25. The van der Waals surface area contributed by atoms with E-state index in [4.69, 9.17) is 9.16 Å². The summed E-state index contributed by atoms with van der Waals surface area (Å²) < 4.78 is 11.6. The highest BCUT2D eigenvalue weighted by molar-refractivity contribution is 6.73. The molecule has 0 aromatic heterocycles. The number of ether oxygens (including phenoxy) is 1. The third kappa shape index (κ3) is 5.36. The number of carbonyl (C=O) groups is 1. The maximum Gasteiger partial charge on any atom is 0.335 e. The lowest BCUT2D eigenvalue weighted by atomic mass is 10.3. The Morgan fingerprint density at radius 3 is 2.00 bits per heavy atom. The van der Waals surface area contributed by atoms with Gasteiger partial charge in [-0.3, -0.25) is 0 Å². The molecular weight excluding hydrogens is 244 g/mol. The molecule has 0 heterocycles. The Balaban J connectivity index is 4.69. The first-order valence-electron chi connectivity index (χ1n) is 6.98. The van der Waals surface area contributed by atoms with Gasteiger partial charge in [0.2, 0.25) is 0 Å². The molecule has 3 nitrogen and oxygen atoms in total. The predicted molar refractivity (Wildman–Crippen MR) is 77.9 cm³/mol. The van der Waals surface area contributed by atoms with Gasteiger partial charge in [0.1, 0.15) is 0 Å². The number of esters is 1. The Morgan fingerprint density at radius 1 is 1.17 bits per heavy atom. The van der Waals surface area contributed by atoms with Gasteiger partial charge in [-0.1, -0.05) is 40.7 Å². The molecule has 0 aromatic rings. The largest absolute Gasteiger partial charge is 0.433 e. The maximum atomic E-state index is 11.6. The van der Waals surface area contributed by atoms with E-state index in [0.29, 0.717) is 5.57 Å². The van der Waals surface area contributed by atoms with E-state index in [-0.39, 0.29) is 5.97 Å². The van der Waals surface area contributed by atoms with Crippen LogP contribution in [0.3, 0.4) is 0 Å². The molecule has 0 saturated heterocycles. The molecule has 0 saturated carbocycles. The van der Waals surface area contributed by atoms with E-state index in [1.807, 2.05) is 0 Å². The SMILES string of the molecule is C=C(C)C(=O)OC(CCC)O[Si](CC)(CC)CC. The molecule has 1 unspecified atom stereocenters. The molecule has 0 aliphatic heterocycles. The number of rotatable bonds is 9. The highest BCUT2D eigenvalue weighted by Gasteiger charge is 2.33. The molecule has 0 amide bonds. The van der Waals surface area contributed by atoms with E-state index < -0.39 is 14.6 Å². The summed E-state index contributed by atoms with van der Waals surface area (Å²) in [6, 6.07) is 3.18. The summed E-state index contributed by atoms with van der Waals surface area (Å²) in [7, 11) is -1.73. The minimum atomic E-state index is -1.73. The van der Waals surface area contributed by atoms with Crippen LogP contribution in [0.4, 0.5) is 0 Å². The first-order chi connectivity index (χ1) is 8.44. The van der Waals surface area contributed by atoms with Crippen LogP contribution in [0.1, 0.15) is 47.5 Å². The minimum Gasteiger partial charge on any atom is -0.433 e. The van der Waals surface area contributed by atoms with Crippen LogP contribution < -0.4 is 0 Å². The van der Waals surface area contributed by atoms with Crippen molar-refractivity contribution in [1.82, 2.24) is 0 Å². The lowest BCUT2D eigenvalue weighted by Crippen LogP contribution is -2.41. The Kier molecular flexibility index (Phi) is 8.19. The van der Waals surface area contributed by atoms with Crippen LogP contribution >= 0.6 is 0 Å². The highest BCUT2D eigenvalue weighted by atomic mass is 28.4. The van der Waals surface area contributed by atoms with Crippen LogP contribution in [0.15, 0.2) is 12.2 Å². The maximum absolute atomic E-state index is 11.6. The van der Waals surface area contributed by atoms with Crippen LogP contribution in [0.25, 0.3) is 0 Å². The second kappa shape index (κ2) is 8.48. The van der Waals surface area contributed by atoms with Crippen molar-refractivity contribution in [3.8, 4) is 0 Å². The van der Waals surface area contributed by atoms with Crippen molar-refractivity contribution in [2.45, 2.75) is 71.9 Å². The quantitative estimate of drug-likeness (QED) is 0.272. The molecule has 1 atom stereocenters. The summed E-state index contributed by atoms with van der Waals surface area (Å²) >= 11 is 0. The van der Waals surface area contributed by atoms with Gasteiger partial charge < -0.3 is 9.16 Å². The standard InChI is InChI=1S/C14H28O3Si/c1-7-11-13(16-14(15)12(5)6)17-18(8-2,9-3)10-4/h13H,5,7-11H2,1-4,6H3. The normalized spacial score (nSPS) is 13.2. The van der Waals surface area contributed by atoms with Crippen LogP contribution in [-0.2, 0) is 14.0 Å². The van der Waals surface area contributed by atoms with Gasteiger partial charge in [0.05, 0.1) is 0 Å². The van der Waals surface area contributed by atoms with Gasteiger partial charge in [-0.25, -0.2) is 4.79 Å². The van der Waals surface area contributed by atoms with E-state index in [9.17, 15) is 4.79 Å². The van der Waals surface area contributed by atoms with Crippen molar-refractivity contribution in [1.29, 1.82) is 0 Å². The fraction of sp³-hybridized carbons (Fsp3) is 0.786. The summed E-state index contributed by atoms with van der Waals surface area (Å²) in [6.45, 7) is 13.8. The smallest absolute Gasteiger partial charge is 0.335 e. The average molecular weight is 272 g/mol. The summed E-state index contributed by atoms with van der Waals surface area (Å²) in [6.07, 6.45) is 1.30. The van der Waals surface area contributed by atoms with Crippen molar-refractivity contribution in [3.63, 3.8) is 0 Å². The zero-order valence-electron chi connectivity index (χ0n) is 12.5. The Bertz CT molecular complexity index is 264. The van der Waals surface area contributed by atoms with Gasteiger partial charge in [-0.05, 0) is 25.1 Å². The second-order valence-corrected chi connectivity index (χ2v) is 9.49. The van der Waals surface area contributed by atoms with E-state index in [1.54, 1.807) is 6.92 Å². The monoisotopic (exact) mass is 272 g/mol. The Hall–Kier alpha value is -0.613. The molecule has 0 N–H and O–H groups in total. The van der Waals surface area contributed by atoms with Crippen molar-refractivity contribution >= 4 is 14.3 Å². The summed E-state index contributed by atoms with van der Waals surface area (Å²) in [4.78, 5) is 11.6. The Labute approximate surface area is 113 Å². The molecule has 0 spiro atoms.